The van der Waals surface area contributed by atoms with Crippen LogP contribution in [0.5, 0.6) is 0 Å². The van der Waals surface area contributed by atoms with Crippen molar-refractivity contribution in [2.45, 2.75) is 399 Å². The molecule has 0 saturated heterocycles. The molecule has 0 aromatic carbocycles. The second-order valence-corrected chi connectivity index (χ2v) is 30.0. The van der Waals surface area contributed by atoms with Crippen LogP contribution in [0, 0.1) is 0 Å². The van der Waals surface area contributed by atoms with Gasteiger partial charge in [-0.05, 0) is 25.7 Å². The van der Waals surface area contributed by atoms with E-state index < -0.39 is 0 Å². The van der Waals surface area contributed by atoms with Crippen molar-refractivity contribution in [1.29, 1.82) is 0 Å². The fourth-order valence-electron chi connectivity index (χ4n) is 13.1. The molecule has 0 fully saturated rings. The Hall–Kier alpha value is -0.360. The Morgan fingerprint density at radius 2 is 0.363 bits per heavy atom. The quantitative estimate of drug-likeness (QED) is 0.0444. The van der Waals surface area contributed by atoms with Gasteiger partial charge in [-0.1, -0.05) is 362 Å². The summed E-state index contributed by atoms with van der Waals surface area (Å²) >= 11 is 0. The Morgan fingerprint density at radius 1 is 0.187 bits per heavy atom. The van der Waals surface area contributed by atoms with Gasteiger partial charge in [-0.15, -0.1) is 0 Å². The van der Waals surface area contributed by atoms with E-state index in [1.54, 1.807) is 0 Å². The van der Waals surface area contributed by atoms with Crippen molar-refractivity contribution in [3.05, 3.63) is 0 Å². The van der Waals surface area contributed by atoms with Crippen molar-refractivity contribution in [3.63, 3.8) is 0 Å². The van der Waals surface area contributed by atoms with Crippen LogP contribution < -0.4 is 0 Å². The minimum Gasteiger partial charge on any atom is -0.379 e. The van der Waals surface area contributed by atoms with E-state index in [0.29, 0.717) is 52.9 Å². The summed E-state index contributed by atoms with van der Waals surface area (Å²) in [6.45, 7) is 21.5. The monoisotopic (exact) mass is 1300 g/mol. The third kappa shape index (κ3) is 75.3. The van der Waals surface area contributed by atoms with Gasteiger partial charge in [-0.25, -0.2) is 0 Å². The summed E-state index contributed by atoms with van der Waals surface area (Å²) in [6, 6.07) is 0. The highest BCUT2D eigenvalue weighted by molar-refractivity contribution is 4.61. The fourth-order valence-corrected chi connectivity index (χ4v) is 13.1. The van der Waals surface area contributed by atoms with Crippen molar-refractivity contribution >= 4 is 0 Å². The van der Waals surface area contributed by atoms with Crippen LogP contribution in [0.25, 0.3) is 0 Å². The Morgan fingerprint density at radius 3 is 0.571 bits per heavy atom. The molecule has 9 nitrogen and oxygen atoms in total. The smallest absolute Gasteiger partial charge is 0.130 e. The fraction of sp³-hybridized carbons (Fsp3) is 1.00. The highest BCUT2D eigenvalue weighted by atomic mass is 16.5. The number of ether oxygens (including phenoxy) is 7. The van der Waals surface area contributed by atoms with Gasteiger partial charge in [-0.3, -0.25) is 0 Å². The summed E-state index contributed by atoms with van der Waals surface area (Å²) in [5.74, 6) is 0. The number of hydrogen-bond donors (Lipinski definition) is 0. The lowest BCUT2D eigenvalue weighted by atomic mass is 10.0. The second kappa shape index (κ2) is 75.4. The summed E-state index contributed by atoms with van der Waals surface area (Å²) in [5.41, 5.74) is 0. The topological polar surface area (TPSA) is 64.6 Å². The van der Waals surface area contributed by atoms with E-state index in [-0.39, 0.29) is 12.2 Å². The Labute approximate surface area is 572 Å². The third-order valence-electron chi connectivity index (χ3n) is 19.4. The predicted molar refractivity (Wildman–Crippen MR) is 399 cm³/mol. The molecular formula is C82H170N2O7+2. The van der Waals surface area contributed by atoms with E-state index in [4.69, 9.17) is 33.2 Å². The minimum atomic E-state index is 0.109. The number of hydrogen-bond acceptors (Lipinski definition) is 7. The zero-order valence-electron chi connectivity index (χ0n) is 63.8. The van der Waals surface area contributed by atoms with Crippen LogP contribution in [0.3, 0.4) is 0 Å². The molecule has 0 aliphatic carbocycles. The van der Waals surface area contributed by atoms with Crippen LogP contribution >= 0.6 is 0 Å². The zero-order valence-corrected chi connectivity index (χ0v) is 63.8. The first-order valence-electron chi connectivity index (χ1n) is 41.5. The van der Waals surface area contributed by atoms with E-state index in [9.17, 15) is 0 Å². The highest BCUT2D eigenvalue weighted by Crippen LogP contribution is 2.19. The molecule has 0 radical (unpaired) electrons. The molecule has 0 aromatic heterocycles. The molecule has 0 saturated carbocycles. The van der Waals surface area contributed by atoms with Crippen LogP contribution in [-0.2, 0) is 33.2 Å². The first kappa shape index (κ1) is 90.6. The molecule has 2 atom stereocenters. The first-order valence-corrected chi connectivity index (χ1v) is 41.5. The van der Waals surface area contributed by atoms with Gasteiger partial charge in [0.25, 0.3) is 0 Å². The maximum absolute atomic E-state index is 6.62. The molecule has 0 N–H and O–H groups in total. The van der Waals surface area contributed by atoms with Crippen molar-refractivity contribution in [2.75, 3.05) is 134 Å². The van der Waals surface area contributed by atoms with Crippen LogP contribution in [0.1, 0.15) is 387 Å². The predicted octanol–water partition coefficient (Wildman–Crippen LogP) is 23.9. The van der Waals surface area contributed by atoms with E-state index in [1.165, 1.54) is 334 Å². The van der Waals surface area contributed by atoms with Gasteiger partial charge in [0.15, 0.2) is 0 Å². The molecule has 0 aromatic rings. The van der Waals surface area contributed by atoms with Crippen molar-refractivity contribution in [2.24, 2.45) is 0 Å². The molecule has 0 bridgehead atoms. The Bertz CT molecular complexity index is 1230. The van der Waals surface area contributed by atoms with Gasteiger partial charge in [0.1, 0.15) is 38.4 Å². The average molecular weight is 1300 g/mol. The number of likely N-dealkylation sites (N-methyl/N-ethyl adjacent to an activating group) is 2. The summed E-state index contributed by atoms with van der Waals surface area (Å²) in [6.07, 6.45) is 77.5. The van der Waals surface area contributed by atoms with Gasteiger partial charge in [0.2, 0.25) is 0 Å². The van der Waals surface area contributed by atoms with Gasteiger partial charge >= 0.3 is 0 Å². The second-order valence-electron chi connectivity index (χ2n) is 30.0. The van der Waals surface area contributed by atoms with Gasteiger partial charge < -0.3 is 42.1 Å². The molecule has 91 heavy (non-hydrogen) atoms. The van der Waals surface area contributed by atoms with E-state index in [2.05, 4.69) is 55.9 Å². The number of nitrogens with zero attached hydrogens (tertiary/aromatic N) is 2. The maximum atomic E-state index is 6.62. The molecule has 0 aliphatic rings. The van der Waals surface area contributed by atoms with Crippen LogP contribution in [0.15, 0.2) is 0 Å². The van der Waals surface area contributed by atoms with Crippen molar-refractivity contribution in [1.82, 2.24) is 0 Å². The highest BCUT2D eigenvalue weighted by Gasteiger charge is 2.25. The Balaban J connectivity index is 4.67. The third-order valence-corrected chi connectivity index (χ3v) is 19.4. The van der Waals surface area contributed by atoms with Crippen LogP contribution in [0.2, 0.25) is 0 Å². The van der Waals surface area contributed by atoms with E-state index in [0.717, 1.165) is 87.3 Å². The molecule has 0 amide bonds. The zero-order chi connectivity index (χ0) is 66.0. The van der Waals surface area contributed by atoms with Crippen LogP contribution in [-0.4, -0.2) is 155 Å². The molecule has 9 heteroatoms. The summed E-state index contributed by atoms with van der Waals surface area (Å²) in [7, 11) is 9.27. The lowest BCUT2D eigenvalue weighted by Crippen LogP contribution is -2.49. The largest absolute Gasteiger partial charge is 0.379 e. The Kier molecular flexibility index (Phi) is 75.1. The molecular weight excluding hydrogens is 1120 g/mol. The lowest BCUT2D eigenvalue weighted by Gasteiger charge is -2.33. The molecule has 0 spiro atoms. The molecule has 2 unspecified atom stereocenters. The normalized spacial score (nSPS) is 12.9. The van der Waals surface area contributed by atoms with Crippen molar-refractivity contribution < 1.29 is 42.1 Å². The number of rotatable bonds is 82. The maximum Gasteiger partial charge on any atom is 0.130 e. The molecule has 548 valence electrons. The standard InChI is InChI=1S/C82H170N2O7/c1-9-13-17-21-25-29-33-37-41-45-49-53-57-61-67-88-79-81(90-69-63-59-55-51-47-43-39-35-31-27-23-19-15-11-3)77-83(5,6)65-71-85-73-75-87-76-74-86-72-66-84(7,8)78-82(91-70-64-60-56-52-48-44-40-36-32-28-24-20-16-12-4)80-89-68-62-58-54-50-46-42-38-34-30-26-22-18-14-10-2/h81-82H,9-80H2,1-8H3/q+2. The molecule has 0 heterocycles. The SMILES string of the molecule is CCCCCCCCCCCCCCCCOCC(C[N+](C)(C)CCOCCOCCOCC[N+](C)(C)CC(COCCCCCCCCCCCCCCCC)OCCCCCCCCCCCCCCCC)OCCCCCCCCCCCCCCCC. The van der Waals surface area contributed by atoms with E-state index >= 15 is 0 Å². The summed E-state index contributed by atoms with van der Waals surface area (Å²) in [4.78, 5) is 0. The molecule has 0 rings (SSSR count). The summed E-state index contributed by atoms with van der Waals surface area (Å²) in [5, 5.41) is 0. The van der Waals surface area contributed by atoms with Crippen LogP contribution in [0.4, 0.5) is 0 Å². The first-order chi connectivity index (χ1) is 44.7. The molecule has 0 aliphatic heterocycles. The van der Waals surface area contributed by atoms with E-state index in [1.807, 2.05) is 0 Å². The van der Waals surface area contributed by atoms with Gasteiger partial charge in [0, 0.05) is 26.4 Å². The van der Waals surface area contributed by atoms with Crippen molar-refractivity contribution in [3.8, 4) is 0 Å². The summed E-state index contributed by atoms with van der Waals surface area (Å²) < 4.78 is 45.9. The number of quaternary nitrogens is 2. The lowest BCUT2D eigenvalue weighted by molar-refractivity contribution is -0.894. The van der Waals surface area contributed by atoms with Gasteiger partial charge in [-0.2, -0.15) is 0 Å². The van der Waals surface area contributed by atoms with Gasteiger partial charge in [0.05, 0.1) is 81.0 Å². The average Bonchev–Trinajstić information content (AvgIpc) is 3.71. The minimum absolute atomic E-state index is 0.109. The number of unbranched alkanes of at least 4 members (excludes halogenated alkanes) is 52.